The molecular formula is C9H13F3N2O. The number of alkyl halides is 3. The molecular weight excluding hydrogens is 209 g/mol. The number of nitrogens with zero attached hydrogens (tertiary/aromatic N) is 1. The van der Waals surface area contributed by atoms with Gasteiger partial charge in [-0.15, -0.1) is 0 Å². The van der Waals surface area contributed by atoms with Crippen molar-refractivity contribution >= 4 is 0 Å². The quantitative estimate of drug-likeness (QED) is 0.822. The first-order valence-electron chi connectivity index (χ1n) is 4.63. The number of hydrogen-bond acceptors (Lipinski definition) is 2. The molecule has 0 radical (unpaired) electrons. The van der Waals surface area contributed by atoms with E-state index < -0.39 is 11.9 Å². The predicted molar refractivity (Wildman–Crippen MR) is 48.5 cm³/mol. The van der Waals surface area contributed by atoms with Crippen molar-refractivity contribution in [2.24, 2.45) is 0 Å². The Balaban J connectivity index is 3.18. The summed E-state index contributed by atoms with van der Waals surface area (Å²) in [6.45, 7) is 3.23. The molecule has 0 unspecified atom stereocenters. The van der Waals surface area contributed by atoms with Gasteiger partial charge in [-0.25, -0.2) is 0 Å². The van der Waals surface area contributed by atoms with Crippen LogP contribution in [0.3, 0.4) is 0 Å². The highest BCUT2D eigenvalue weighted by molar-refractivity contribution is 5.29. The third kappa shape index (κ3) is 2.50. The molecule has 15 heavy (non-hydrogen) atoms. The zero-order valence-corrected chi connectivity index (χ0v) is 8.52. The number of hydrogen-bond donors (Lipinski definition) is 2. The van der Waals surface area contributed by atoms with Crippen molar-refractivity contribution < 1.29 is 18.3 Å². The average molecular weight is 222 g/mol. The minimum atomic E-state index is -4.46. The van der Waals surface area contributed by atoms with Crippen molar-refractivity contribution in [1.82, 2.24) is 10.2 Å². The molecule has 3 nitrogen and oxygen atoms in total. The largest absolute Gasteiger partial charge is 0.435 e. The van der Waals surface area contributed by atoms with E-state index in [1.54, 1.807) is 13.8 Å². The first kappa shape index (κ1) is 12.0. The van der Waals surface area contributed by atoms with Crippen LogP contribution >= 0.6 is 0 Å². The minimum absolute atomic E-state index is 0.0289. The lowest BCUT2D eigenvalue weighted by Gasteiger charge is -2.08. The van der Waals surface area contributed by atoms with Crippen LogP contribution in [0.4, 0.5) is 13.2 Å². The van der Waals surface area contributed by atoms with Gasteiger partial charge in [0, 0.05) is 17.9 Å². The van der Waals surface area contributed by atoms with Gasteiger partial charge in [0.15, 0.2) is 5.69 Å². The van der Waals surface area contributed by atoms with Crippen molar-refractivity contribution in [1.29, 1.82) is 0 Å². The Hall–Kier alpha value is -1.04. The molecule has 0 bridgehead atoms. The predicted octanol–water partition coefficient (Wildman–Crippen LogP) is 2.09. The fraction of sp³-hybridized carbons (Fsp3) is 0.667. The fourth-order valence-electron chi connectivity index (χ4n) is 1.46. The molecule has 0 saturated carbocycles. The lowest BCUT2D eigenvalue weighted by Crippen LogP contribution is -2.10. The van der Waals surface area contributed by atoms with Crippen molar-refractivity contribution in [3.63, 3.8) is 0 Å². The summed E-state index contributed by atoms with van der Waals surface area (Å²) in [5.41, 5.74) is -0.406. The van der Waals surface area contributed by atoms with Gasteiger partial charge >= 0.3 is 6.18 Å². The maximum absolute atomic E-state index is 12.5. The van der Waals surface area contributed by atoms with E-state index in [4.69, 9.17) is 5.11 Å². The Labute approximate surface area is 85.3 Å². The molecule has 0 saturated heterocycles. The van der Waals surface area contributed by atoms with Gasteiger partial charge in [-0.3, -0.25) is 5.10 Å². The van der Waals surface area contributed by atoms with Gasteiger partial charge in [0.05, 0.1) is 0 Å². The van der Waals surface area contributed by atoms with Gasteiger partial charge in [-0.1, -0.05) is 13.8 Å². The highest BCUT2D eigenvalue weighted by Gasteiger charge is 2.37. The van der Waals surface area contributed by atoms with Crippen LogP contribution in [0.1, 0.15) is 36.7 Å². The lowest BCUT2D eigenvalue weighted by atomic mass is 10.0. The topological polar surface area (TPSA) is 48.9 Å². The maximum Gasteiger partial charge on any atom is 0.435 e. The van der Waals surface area contributed by atoms with Crippen LogP contribution in [0.15, 0.2) is 0 Å². The highest BCUT2D eigenvalue weighted by atomic mass is 19.4. The van der Waals surface area contributed by atoms with E-state index in [2.05, 4.69) is 10.2 Å². The molecule has 1 aromatic rings. The fourth-order valence-corrected chi connectivity index (χ4v) is 1.46. The van der Waals surface area contributed by atoms with Gasteiger partial charge in [0.25, 0.3) is 0 Å². The van der Waals surface area contributed by atoms with Gasteiger partial charge in [0.1, 0.15) is 0 Å². The van der Waals surface area contributed by atoms with Crippen molar-refractivity contribution in [3.05, 3.63) is 17.0 Å². The van der Waals surface area contributed by atoms with Gasteiger partial charge in [-0.05, 0) is 12.3 Å². The highest BCUT2D eigenvalue weighted by Crippen LogP contribution is 2.33. The zero-order valence-electron chi connectivity index (χ0n) is 8.52. The Morgan fingerprint density at radius 3 is 2.40 bits per heavy atom. The monoisotopic (exact) mass is 222 g/mol. The molecule has 0 atom stereocenters. The van der Waals surface area contributed by atoms with Crippen molar-refractivity contribution in [2.45, 2.75) is 32.4 Å². The molecule has 86 valence electrons. The normalized spacial score (nSPS) is 12.5. The zero-order chi connectivity index (χ0) is 11.6. The Bertz CT molecular complexity index is 331. The molecule has 2 N–H and O–H groups in total. The number of aromatic amines is 1. The van der Waals surface area contributed by atoms with Gasteiger partial charge in [0.2, 0.25) is 0 Å². The maximum atomic E-state index is 12.5. The summed E-state index contributed by atoms with van der Waals surface area (Å²) in [4.78, 5) is 0. The third-order valence-corrected chi connectivity index (χ3v) is 2.11. The summed E-state index contributed by atoms with van der Waals surface area (Å²) >= 11 is 0. The first-order chi connectivity index (χ1) is 6.88. The molecule has 0 aliphatic heterocycles. The standard InChI is InChI=1S/C9H13F3N2O/c1-5(2)7-6(3-4-15)8(14-13-7)9(10,11)12/h5,15H,3-4H2,1-2H3,(H,13,14). The van der Waals surface area contributed by atoms with E-state index in [-0.39, 0.29) is 24.5 Å². The molecule has 1 aromatic heterocycles. The number of nitrogens with one attached hydrogen (secondary N) is 1. The van der Waals surface area contributed by atoms with Gasteiger partial charge in [-0.2, -0.15) is 18.3 Å². The minimum Gasteiger partial charge on any atom is -0.396 e. The average Bonchev–Trinajstić information content (AvgIpc) is 2.47. The Kier molecular flexibility index (Phi) is 3.38. The lowest BCUT2D eigenvalue weighted by molar-refractivity contribution is -0.141. The Morgan fingerprint density at radius 2 is 2.00 bits per heavy atom. The van der Waals surface area contributed by atoms with Crippen molar-refractivity contribution in [3.8, 4) is 0 Å². The molecule has 0 fully saturated rings. The molecule has 1 heterocycles. The molecule has 0 spiro atoms. The van der Waals surface area contributed by atoms with E-state index in [9.17, 15) is 13.2 Å². The van der Waals surface area contributed by atoms with E-state index in [1.807, 2.05) is 0 Å². The van der Waals surface area contributed by atoms with E-state index in [1.165, 1.54) is 0 Å². The van der Waals surface area contributed by atoms with Crippen LogP contribution in [0, 0.1) is 0 Å². The number of halogens is 3. The smallest absolute Gasteiger partial charge is 0.396 e. The van der Waals surface area contributed by atoms with Crippen LogP contribution in [0.5, 0.6) is 0 Å². The number of rotatable bonds is 3. The molecule has 6 heteroatoms. The van der Waals surface area contributed by atoms with Crippen LogP contribution in [0.25, 0.3) is 0 Å². The molecule has 0 amide bonds. The van der Waals surface area contributed by atoms with Crippen LogP contribution in [-0.4, -0.2) is 21.9 Å². The number of aliphatic hydroxyl groups is 1. The molecule has 0 aromatic carbocycles. The number of H-pyrrole nitrogens is 1. The van der Waals surface area contributed by atoms with Gasteiger partial charge < -0.3 is 5.11 Å². The summed E-state index contributed by atoms with van der Waals surface area (Å²) in [7, 11) is 0. The molecule has 0 aliphatic rings. The van der Waals surface area contributed by atoms with E-state index in [0.29, 0.717) is 5.69 Å². The summed E-state index contributed by atoms with van der Waals surface area (Å²) in [5, 5.41) is 14.4. The Morgan fingerprint density at radius 1 is 1.40 bits per heavy atom. The second kappa shape index (κ2) is 4.22. The SMILES string of the molecule is CC(C)c1[nH]nc(C(F)(F)F)c1CCO. The van der Waals surface area contributed by atoms with Crippen LogP contribution < -0.4 is 0 Å². The van der Waals surface area contributed by atoms with Crippen molar-refractivity contribution in [2.75, 3.05) is 6.61 Å². The summed E-state index contributed by atoms with van der Waals surface area (Å²) in [6, 6.07) is 0. The summed E-state index contributed by atoms with van der Waals surface area (Å²) in [6.07, 6.45) is -4.49. The number of aliphatic hydroxyl groups excluding tert-OH is 1. The van der Waals surface area contributed by atoms with E-state index >= 15 is 0 Å². The molecule has 0 aliphatic carbocycles. The summed E-state index contributed by atoms with van der Waals surface area (Å²) < 4.78 is 37.5. The second-order valence-electron chi connectivity index (χ2n) is 3.59. The molecule has 1 rings (SSSR count). The van der Waals surface area contributed by atoms with Crippen LogP contribution in [-0.2, 0) is 12.6 Å². The number of aromatic nitrogens is 2. The third-order valence-electron chi connectivity index (χ3n) is 2.11. The van der Waals surface area contributed by atoms with Crippen LogP contribution in [0.2, 0.25) is 0 Å². The first-order valence-corrected chi connectivity index (χ1v) is 4.63. The van der Waals surface area contributed by atoms with E-state index in [0.717, 1.165) is 0 Å². The summed E-state index contributed by atoms with van der Waals surface area (Å²) in [5.74, 6) is -0.0739. The second-order valence-corrected chi connectivity index (χ2v) is 3.59.